The second-order valence-electron chi connectivity index (χ2n) is 10.3. The quantitative estimate of drug-likeness (QED) is 0.301. The van der Waals surface area contributed by atoms with E-state index in [1.54, 1.807) is 0 Å². The number of halogens is 3. The number of hydrogen-bond acceptors (Lipinski definition) is 10. The van der Waals surface area contributed by atoms with E-state index in [1.807, 2.05) is 6.07 Å². The molecule has 2 fully saturated rings. The molecule has 0 spiro atoms. The zero-order valence-electron chi connectivity index (χ0n) is 22.1. The molecule has 1 aromatic carbocycles. The molecule has 3 unspecified atom stereocenters. The summed E-state index contributed by atoms with van der Waals surface area (Å²) >= 11 is 0.922. The number of alkyl halides is 1. The summed E-state index contributed by atoms with van der Waals surface area (Å²) in [5.41, 5.74) is 6.04. The molecule has 41 heavy (non-hydrogen) atoms. The summed E-state index contributed by atoms with van der Waals surface area (Å²) in [4.78, 5) is 13.2. The summed E-state index contributed by atoms with van der Waals surface area (Å²) in [7, 11) is 0. The lowest BCUT2D eigenvalue weighted by atomic mass is 9.96. The van der Waals surface area contributed by atoms with E-state index in [0.29, 0.717) is 19.5 Å². The average Bonchev–Trinajstić information content (AvgIpc) is 3.58. The van der Waals surface area contributed by atoms with Gasteiger partial charge in [0.2, 0.25) is 5.88 Å². The van der Waals surface area contributed by atoms with Gasteiger partial charge in [-0.25, -0.2) is 13.2 Å². The number of nitrogens with one attached hydrogen (secondary N) is 2. The fourth-order valence-electron chi connectivity index (χ4n) is 5.42. The van der Waals surface area contributed by atoms with Gasteiger partial charge in [-0.15, -0.1) is 11.3 Å². The average molecular weight is 584 g/mol. The van der Waals surface area contributed by atoms with Gasteiger partial charge in [-0.3, -0.25) is 4.98 Å². The number of hydrogen-bond donors (Lipinski definition) is 3. The molecule has 5 heterocycles. The van der Waals surface area contributed by atoms with E-state index in [-0.39, 0.29) is 73.3 Å². The molecule has 0 aliphatic carbocycles. The normalized spacial score (nSPS) is 21.5. The van der Waals surface area contributed by atoms with Gasteiger partial charge in [0.05, 0.1) is 22.3 Å². The maximum Gasteiger partial charge on any atom is 0.320 e. The lowest BCUT2D eigenvalue weighted by molar-refractivity contribution is 0.162. The molecule has 13 heteroatoms. The second-order valence-corrected chi connectivity index (χ2v) is 11.4. The summed E-state index contributed by atoms with van der Waals surface area (Å²) < 4.78 is 57.4. The smallest absolute Gasteiger partial charge is 0.320 e. The van der Waals surface area contributed by atoms with Crippen molar-refractivity contribution in [3.63, 3.8) is 0 Å². The van der Waals surface area contributed by atoms with Crippen LogP contribution in [0.3, 0.4) is 0 Å². The predicted molar refractivity (Wildman–Crippen MR) is 150 cm³/mol. The highest BCUT2D eigenvalue weighted by atomic mass is 32.1. The third-order valence-electron chi connectivity index (χ3n) is 7.48. The van der Waals surface area contributed by atoms with Gasteiger partial charge < -0.3 is 25.8 Å². The minimum absolute atomic E-state index is 0.0476. The lowest BCUT2D eigenvalue weighted by Gasteiger charge is -2.22. The molecule has 0 saturated carbocycles. The third-order valence-corrected chi connectivity index (χ3v) is 8.50. The highest BCUT2D eigenvalue weighted by molar-refractivity contribution is 7.23. The van der Waals surface area contributed by atoms with Crippen molar-refractivity contribution in [1.29, 1.82) is 5.26 Å². The Bertz CT molecular complexity index is 1640. The summed E-state index contributed by atoms with van der Waals surface area (Å²) in [6.45, 7) is 2.59. The Kier molecular flexibility index (Phi) is 7.79. The van der Waals surface area contributed by atoms with Crippen molar-refractivity contribution in [3.8, 4) is 29.2 Å². The van der Waals surface area contributed by atoms with Gasteiger partial charge in [-0.1, -0.05) is 0 Å². The van der Waals surface area contributed by atoms with Gasteiger partial charge in [0.1, 0.15) is 40.4 Å². The highest BCUT2D eigenvalue weighted by Gasteiger charge is 2.26. The zero-order valence-corrected chi connectivity index (χ0v) is 22.9. The topological polar surface area (TPSA) is 131 Å². The van der Waals surface area contributed by atoms with Crippen LogP contribution < -0.4 is 25.8 Å². The minimum Gasteiger partial charge on any atom is -0.472 e. The van der Waals surface area contributed by atoms with Gasteiger partial charge in [0.15, 0.2) is 5.82 Å². The summed E-state index contributed by atoms with van der Waals surface area (Å²) in [6.07, 6.45) is 2.97. The van der Waals surface area contributed by atoms with E-state index in [9.17, 15) is 14.0 Å². The second kappa shape index (κ2) is 11.6. The van der Waals surface area contributed by atoms with Crippen molar-refractivity contribution < 1.29 is 22.6 Å². The first kappa shape index (κ1) is 27.4. The third kappa shape index (κ3) is 5.47. The van der Waals surface area contributed by atoms with Gasteiger partial charge in [0.25, 0.3) is 0 Å². The number of aromatic nitrogens is 3. The van der Waals surface area contributed by atoms with Crippen molar-refractivity contribution >= 4 is 37.3 Å². The number of nitrogens with zero attached hydrogens (tertiary/aromatic N) is 4. The van der Waals surface area contributed by atoms with Crippen LogP contribution in [0.25, 0.3) is 32.2 Å². The summed E-state index contributed by atoms with van der Waals surface area (Å²) in [6, 6.07) is 4.47. The number of anilines is 1. The summed E-state index contributed by atoms with van der Waals surface area (Å²) in [5, 5.41) is 16.6. The van der Waals surface area contributed by atoms with E-state index in [1.165, 1.54) is 18.3 Å². The number of rotatable bonds is 6. The van der Waals surface area contributed by atoms with Crippen LogP contribution in [-0.4, -0.2) is 60.0 Å². The van der Waals surface area contributed by atoms with Crippen LogP contribution >= 0.6 is 11.3 Å². The molecule has 214 valence electrons. The molecule has 2 aliphatic rings. The fraction of sp³-hybridized carbons (Fsp3) is 0.429. The molecule has 0 bridgehead atoms. The number of nitriles is 1. The molecular weight excluding hydrogens is 555 g/mol. The maximum atomic E-state index is 16.3. The Hall–Kier alpha value is -3.73. The number of nitrogen functional groups attached to an aromatic ring is 1. The first-order chi connectivity index (χ1) is 19.9. The molecule has 0 radical (unpaired) electrons. The standard InChI is InChI=1S/C28H28F3N7O2S/c29-15-8-14(2-1-6-34-10-15)13-39-28-37-24-19(27(38-28)40-16-5-7-35-11-16)12-36-23(22(24)31)17-3-4-20(30)25-21(17)18(9-32)26(33)41-25/h3-4,12,14-16,34-35H,1-2,5-8,10-11,13,33H2. The molecule has 3 aromatic heterocycles. The molecule has 4 N–H and O–H groups in total. The van der Waals surface area contributed by atoms with Gasteiger partial charge >= 0.3 is 6.01 Å². The lowest BCUT2D eigenvalue weighted by Crippen LogP contribution is -2.31. The first-order valence-electron chi connectivity index (χ1n) is 13.5. The van der Waals surface area contributed by atoms with Crippen LogP contribution in [0.5, 0.6) is 11.9 Å². The van der Waals surface area contributed by atoms with E-state index in [0.717, 1.165) is 43.7 Å². The van der Waals surface area contributed by atoms with E-state index in [4.69, 9.17) is 15.2 Å². The zero-order chi connectivity index (χ0) is 28.5. The van der Waals surface area contributed by atoms with Crippen LogP contribution in [0, 0.1) is 28.9 Å². The Labute approximate surface area is 237 Å². The Morgan fingerprint density at radius 1 is 1.15 bits per heavy atom. The van der Waals surface area contributed by atoms with Gasteiger partial charge in [-0.2, -0.15) is 15.2 Å². The van der Waals surface area contributed by atoms with E-state index >= 15 is 4.39 Å². The van der Waals surface area contributed by atoms with Crippen molar-refractivity contribution in [3.05, 3.63) is 35.5 Å². The fourth-order valence-corrected chi connectivity index (χ4v) is 6.37. The highest BCUT2D eigenvalue weighted by Crippen LogP contribution is 2.42. The largest absolute Gasteiger partial charge is 0.472 e. The molecule has 6 rings (SSSR count). The van der Waals surface area contributed by atoms with Crippen LogP contribution in [0.15, 0.2) is 18.3 Å². The molecule has 2 saturated heterocycles. The predicted octanol–water partition coefficient (Wildman–Crippen LogP) is 4.49. The molecule has 3 atom stereocenters. The van der Waals surface area contributed by atoms with Crippen LogP contribution in [0.4, 0.5) is 18.2 Å². The number of benzene rings is 1. The number of nitrogens with two attached hydrogens (primary N) is 1. The Morgan fingerprint density at radius 3 is 2.80 bits per heavy atom. The summed E-state index contributed by atoms with van der Waals surface area (Å²) in [5.74, 6) is -1.29. The Morgan fingerprint density at radius 2 is 2.00 bits per heavy atom. The molecule has 4 aromatic rings. The SMILES string of the molecule is N#Cc1c(N)sc2c(F)ccc(-c3ncc4c(OC5CCNC5)nc(OCC5CCCNCC(F)C5)nc4c3F)c12. The van der Waals surface area contributed by atoms with E-state index in [2.05, 4.69) is 25.6 Å². The number of thiophene rings is 1. The maximum absolute atomic E-state index is 16.3. The molecular formula is C28H28F3N7O2S. The van der Waals surface area contributed by atoms with Crippen molar-refractivity contribution in [2.75, 3.05) is 38.5 Å². The van der Waals surface area contributed by atoms with Gasteiger partial charge in [0, 0.05) is 30.2 Å². The number of pyridine rings is 1. The Balaban J connectivity index is 1.42. The first-order valence-corrected chi connectivity index (χ1v) is 14.4. The van der Waals surface area contributed by atoms with Crippen LogP contribution in [-0.2, 0) is 0 Å². The number of fused-ring (bicyclic) bond motifs is 2. The number of ether oxygens (including phenoxy) is 2. The molecule has 9 nitrogen and oxygen atoms in total. The minimum atomic E-state index is -0.988. The van der Waals surface area contributed by atoms with Crippen molar-refractivity contribution in [2.24, 2.45) is 5.92 Å². The van der Waals surface area contributed by atoms with E-state index < -0.39 is 17.8 Å². The van der Waals surface area contributed by atoms with Gasteiger partial charge in [-0.05, 0) is 56.8 Å². The monoisotopic (exact) mass is 583 g/mol. The molecule has 2 aliphatic heterocycles. The molecule has 0 amide bonds. The van der Waals surface area contributed by atoms with Crippen LogP contribution in [0.1, 0.15) is 31.2 Å². The van der Waals surface area contributed by atoms with Crippen molar-refractivity contribution in [1.82, 2.24) is 25.6 Å². The van der Waals surface area contributed by atoms with Crippen LogP contribution in [0.2, 0.25) is 0 Å². The van der Waals surface area contributed by atoms with Crippen molar-refractivity contribution in [2.45, 2.75) is 38.0 Å².